The minimum atomic E-state index is 0.762. The first-order valence-corrected chi connectivity index (χ1v) is 8.30. The van der Waals surface area contributed by atoms with E-state index in [2.05, 4.69) is 45.7 Å². The lowest BCUT2D eigenvalue weighted by Crippen LogP contribution is -1.85. The highest BCUT2D eigenvalue weighted by atomic mass is 32.2. The number of thioether (sulfide) groups is 2. The number of hydrogen-bond acceptors (Lipinski definition) is 4. The van der Waals surface area contributed by atoms with Crippen LogP contribution in [0.1, 0.15) is 0 Å². The van der Waals surface area contributed by atoms with Gasteiger partial charge in [0.25, 0.3) is 0 Å². The molecule has 0 bridgehead atoms. The summed E-state index contributed by atoms with van der Waals surface area (Å²) in [7, 11) is 0. The zero-order valence-electron chi connectivity index (χ0n) is 10.7. The highest BCUT2D eigenvalue weighted by Crippen LogP contribution is 2.32. The third-order valence-electron chi connectivity index (χ3n) is 2.92. The Kier molecular flexibility index (Phi) is 3.48. The Morgan fingerprint density at radius 3 is 2.74 bits per heavy atom. The second-order valence-corrected chi connectivity index (χ2v) is 5.75. The van der Waals surface area contributed by atoms with Crippen molar-refractivity contribution in [2.24, 2.45) is 0 Å². The summed E-state index contributed by atoms with van der Waals surface area (Å²) in [6.07, 6.45) is 5.94. The van der Waals surface area contributed by atoms with E-state index in [9.17, 15) is 0 Å². The van der Waals surface area contributed by atoms with Crippen molar-refractivity contribution in [3.63, 3.8) is 0 Å². The van der Waals surface area contributed by atoms with Gasteiger partial charge in [0.05, 0.1) is 5.52 Å². The van der Waals surface area contributed by atoms with Gasteiger partial charge in [0.1, 0.15) is 5.82 Å². The number of fused-ring (bicyclic) bond motifs is 1. The summed E-state index contributed by atoms with van der Waals surface area (Å²) >= 11 is 3.49. The summed E-state index contributed by atoms with van der Waals surface area (Å²) in [5, 5.41) is 0. The van der Waals surface area contributed by atoms with E-state index < -0.39 is 0 Å². The van der Waals surface area contributed by atoms with Crippen LogP contribution < -0.4 is 0 Å². The molecule has 2 aromatic heterocycles. The zero-order valence-corrected chi connectivity index (χ0v) is 12.3. The Morgan fingerprint density at radius 1 is 1.11 bits per heavy atom. The van der Waals surface area contributed by atoms with Gasteiger partial charge in [0, 0.05) is 21.6 Å². The third-order valence-corrected chi connectivity index (χ3v) is 4.42. The summed E-state index contributed by atoms with van der Waals surface area (Å²) < 4.78 is 0. The molecule has 1 aromatic carbocycles. The SMILES string of the molecule is CSc1ccc(-c2nc3ncccc3[nH]2)c(SC)c1. The molecule has 3 nitrogen and oxygen atoms in total. The van der Waals surface area contributed by atoms with Gasteiger partial charge in [-0.3, -0.25) is 0 Å². The smallest absolute Gasteiger partial charge is 0.178 e. The van der Waals surface area contributed by atoms with Crippen molar-refractivity contribution < 1.29 is 0 Å². The zero-order chi connectivity index (χ0) is 13.2. The molecule has 96 valence electrons. The molecule has 0 aliphatic rings. The first-order valence-electron chi connectivity index (χ1n) is 5.85. The molecule has 0 amide bonds. The minimum absolute atomic E-state index is 0.762. The van der Waals surface area contributed by atoms with Crippen molar-refractivity contribution in [3.8, 4) is 11.4 Å². The number of pyridine rings is 1. The first kappa shape index (κ1) is 12.6. The number of aromatic nitrogens is 3. The number of nitrogens with zero attached hydrogens (tertiary/aromatic N) is 2. The van der Waals surface area contributed by atoms with Gasteiger partial charge in [-0.25, -0.2) is 9.97 Å². The Morgan fingerprint density at radius 2 is 2.00 bits per heavy atom. The van der Waals surface area contributed by atoms with Crippen LogP contribution in [0.2, 0.25) is 0 Å². The van der Waals surface area contributed by atoms with Gasteiger partial charge in [0.2, 0.25) is 0 Å². The van der Waals surface area contributed by atoms with Gasteiger partial charge >= 0.3 is 0 Å². The second-order valence-electron chi connectivity index (χ2n) is 4.03. The molecule has 0 aliphatic heterocycles. The van der Waals surface area contributed by atoms with Crippen LogP contribution in [-0.4, -0.2) is 27.5 Å². The van der Waals surface area contributed by atoms with E-state index in [1.807, 2.05) is 12.1 Å². The monoisotopic (exact) mass is 287 g/mol. The van der Waals surface area contributed by atoms with Gasteiger partial charge < -0.3 is 4.98 Å². The molecule has 1 N–H and O–H groups in total. The highest BCUT2D eigenvalue weighted by Gasteiger charge is 2.10. The van der Waals surface area contributed by atoms with E-state index >= 15 is 0 Å². The van der Waals surface area contributed by atoms with Crippen molar-refractivity contribution in [1.29, 1.82) is 0 Å². The van der Waals surface area contributed by atoms with E-state index in [1.54, 1.807) is 29.7 Å². The largest absolute Gasteiger partial charge is 0.337 e. The molecule has 3 rings (SSSR count). The Balaban J connectivity index is 2.15. The lowest BCUT2D eigenvalue weighted by atomic mass is 10.2. The lowest BCUT2D eigenvalue weighted by Gasteiger charge is -2.06. The molecule has 2 heterocycles. The molecular formula is C14H13N3S2. The van der Waals surface area contributed by atoms with Crippen molar-refractivity contribution in [2.45, 2.75) is 9.79 Å². The number of nitrogens with one attached hydrogen (secondary N) is 1. The van der Waals surface area contributed by atoms with Gasteiger partial charge in [-0.15, -0.1) is 23.5 Å². The molecule has 0 unspecified atom stereocenters. The molecule has 0 radical (unpaired) electrons. The number of H-pyrrole nitrogens is 1. The topological polar surface area (TPSA) is 41.6 Å². The van der Waals surface area contributed by atoms with Crippen LogP contribution in [0.15, 0.2) is 46.3 Å². The number of hydrogen-bond donors (Lipinski definition) is 1. The van der Waals surface area contributed by atoms with Crippen LogP contribution in [0.5, 0.6) is 0 Å². The van der Waals surface area contributed by atoms with Crippen molar-refractivity contribution >= 4 is 34.7 Å². The van der Waals surface area contributed by atoms with Crippen LogP contribution in [0.3, 0.4) is 0 Å². The summed E-state index contributed by atoms with van der Waals surface area (Å²) in [4.78, 5) is 14.6. The average Bonchev–Trinajstić information content (AvgIpc) is 2.90. The van der Waals surface area contributed by atoms with Crippen LogP contribution in [0.25, 0.3) is 22.6 Å². The number of aromatic amines is 1. The molecule has 0 saturated carbocycles. The molecule has 19 heavy (non-hydrogen) atoms. The van der Waals surface area contributed by atoms with Gasteiger partial charge in [0.15, 0.2) is 5.65 Å². The lowest BCUT2D eigenvalue weighted by molar-refractivity contribution is 1.25. The van der Waals surface area contributed by atoms with E-state index in [0.717, 1.165) is 22.6 Å². The van der Waals surface area contributed by atoms with Gasteiger partial charge in [-0.2, -0.15) is 0 Å². The molecule has 5 heteroatoms. The number of imidazole rings is 1. The molecule has 0 saturated heterocycles. The standard InChI is InChI=1S/C14H13N3S2/c1-18-9-5-6-10(12(8-9)19-2)13-16-11-4-3-7-15-14(11)17-13/h3-8H,1-2H3,(H,15,16,17). The number of benzene rings is 1. The summed E-state index contributed by atoms with van der Waals surface area (Å²) in [5.74, 6) is 0.880. The molecule has 0 spiro atoms. The van der Waals surface area contributed by atoms with Crippen molar-refractivity contribution in [1.82, 2.24) is 15.0 Å². The maximum Gasteiger partial charge on any atom is 0.178 e. The van der Waals surface area contributed by atoms with Crippen molar-refractivity contribution in [2.75, 3.05) is 12.5 Å². The van der Waals surface area contributed by atoms with E-state index in [1.165, 1.54) is 9.79 Å². The fourth-order valence-corrected chi connectivity index (χ4v) is 3.11. The van der Waals surface area contributed by atoms with Crippen LogP contribution in [0, 0.1) is 0 Å². The van der Waals surface area contributed by atoms with Crippen LogP contribution in [0.4, 0.5) is 0 Å². The predicted molar refractivity (Wildman–Crippen MR) is 82.9 cm³/mol. The maximum absolute atomic E-state index is 4.56. The maximum atomic E-state index is 4.56. The third kappa shape index (κ3) is 2.35. The first-order chi connectivity index (χ1) is 9.31. The summed E-state index contributed by atoms with van der Waals surface area (Å²) in [6, 6.07) is 10.4. The van der Waals surface area contributed by atoms with E-state index in [-0.39, 0.29) is 0 Å². The normalized spacial score (nSPS) is 11.1. The quantitative estimate of drug-likeness (QED) is 0.737. The Bertz CT molecular complexity index is 689. The molecule has 0 atom stereocenters. The molecule has 0 aliphatic carbocycles. The van der Waals surface area contributed by atoms with Crippen molar-refractivity contribution in [3.05, 3.63) is 36.5 Å². The van der Waals surface area contributed by atoms with Gasteiger partial charge in [-0.05, 0) is 42.8 Å². The Hall–Kier alpha value is -1.46. The summed E-state index contributed by atoms with van der Waals surface area (Å²) in [6.45, 7) is 0. The van der Waals surface area contributed by atoms with Crippen LogP contribution in [-0.2, 0) is 0 Å². The van der Waals surface area contributed by atoms with Crippen LogP contribution >= 0.6 is 23.5 Å². The van der Waals surface area contributed by atoms with E-state index in [0.29, 0.717) is 0 Å². The average molecular weight is 287 g/mol. The fraction of sp³-hybridized carbons (Fsp3) is 0.143. The highest BCUT2D eigenvalue weighted by molar-refractivity contribution is 7.99. The minimum Gasteiger partial charge on any atom is -0.337 e. The molecule has 3 aromatic rings. The fourth-order valence-electron chi connectivity index (χ4n) is 1.97. The predicted octanol–water partition coefficient (Wildman–Crippen LogP) is 4.07. The molecule has 0 fully saturated rings. The summed E-state index contributed by atoms with van der Waals surface area (Å²) in [5.41, 5.74) is 2.86. The second kappa shape index (κ2) is 5.27. The van der Waals surface area contributed by atoms with E-state index in [4.69, 9.17) is 0 Å². The van der Waals surface area contributed by atoms with Gasteiger partial charge in [-0.1, -0.05) is 0 Å². The Labute approximate surface area is 120 Å². The number of rotatable bonds is 3. The molecular weight excluding hydrogens is 274 g/mol.